The van der Waals surface area contributed by atoms with E-state index in [0.29, 0.717) is 24.7 Å². The van der Waals surface area contributed by atoms with Crippen molar-refractivity contribution in [3.63, 3.8) is 0 Å². The van der Waals surface area contributed by atoms with E-state index in [-0.39, 0.29) is 35.7 Å². The molecule has 0 aliphatic carbocycles. The molecule has 4 amide bonds. The quantitative estimate of drug-likeness (QED) is 0.0997. The van der Waals surface area contributed by atoms with Crippen LogP contribution in [0, 0.1) is 11.8 Å². The molecular formula is C49H55N9O7. The maximum absolute atomic E-state index is 13.8. The fraction of sp³-hybridized carbons (Fsp3) is 0.388. The van der Waals surface area contributed by atoms with Gasteiger partial charge in [-0.1, -0.05) is 70.2 Å². The summed E-state index contributed by atoms with van der Waals surface area (Å²) in [6.45, 7) is 8.75. The molecule has 16 nitrogen and oxygen atoms in total. The standard InChI is InChI=1S/C49H55N9O7/c1-27(2)41(54-48(61)63-5)45(59)56-20-10-14-37(56)43-50-25-34(52-43)30-17-19-36-32(22-30)23-39-33-18-16-31(24-40(33)65-47(58(36)39)29-12-8-7-9-13-29)35-26-51-44(53-35)38-15-11-21-57(38)46(60)42(28(3)4)55-49(62)64-6/h7-9,12-13,16-19,22-28,37-38,41-42,47H,10-11,14-15,20-21H2,1-6H3,(H,50,52)(H,51,53)(H,54,61)(H,55,62)/t37?,38-,41?,42-,47-/m0/s1. The maximum atomic E-state index is 13.8. The second-order valence-corrected chi connectivity index (χ2v) is 17.7. The van der Waals surface area contributed by atoms with E-state index in [1.807, 2.05) is 68.0 Å². The van der Waals surface area contributed by atoms with E-state index < -0.39 is 30.5 Å². The molecule has 6 heterocycles. The number of hydrogen-bond donors (Lipinski definition) is 4. The fourth-order valence-electron chi connectivity index (χ4n) is 9.56. The van der Waals surface area contributed by atoms with Crippen LogP contribution in [0.2, 0.25) is 0 Å². The molecule has 0 radical (unpaired) electrons. The summed E-state index contributed by atoms with van der Waals surface area (Å²) in [4.78, 5) is 72.0. The van der Waals surface area contributed by atoms with Crippen molar-refractivity contribution >= 4 is 34.9 Å². The third-order valence-electron chi connectivity index (χ3n) is 13.0. The summed E-state index contributed by atoms with van der Waals surface area (Å²) in [7, 11) is 2.58. The highest BCUT2D eigenvalue weighted by Gasteiger charge is 2.39. The minimum absolute atomic E-state index is 0.128. The Morgan fingerprint density at radius 3 is 1.78 bits per heavy atom. The SMILES string of the molecule is COC(=O)NC(C(=O)N1CCCC1c1ncc(-c2ccc3c(c2)cc2n3[C@H](c3ccccc3)Oc3cc(-c4cnc([C@@H]5CCCN5C(=O)[C@@H](NC(=O)OC)C(C)C)[nH]4)ccc3-2)[nH]1)C(C)C. The smallest absolute Gasteiger partial charge is 0.407 e. The minimum atomic E-state index is -0.720. The van der Waals surface area contributed by atoms with Crippen molar-refractivity contribution in [1.82, 2.24) is 44.9 Å². The van der Waals surface area contributed by atoms with Crippen LogP contribution in [0.15, 0.2) is 85.2 Å². The number of hydrogen-bond acceptors (Lipinski definition) is 9. The van der Waals surface area contributed by atoms with Gasteiger partial charge in [-0.15, -0.1) is 0 Å². The molecule has 3 aliphatic heterocycles. The molecule has 3 aromatic carbocycles. The molecule has 0 saturated carbocycles. The highest BCUT2D eigenvalue weighted by atomic mass is 16.5. The summed E-state index contributed by atoms with van der Waals surface area (Å²) in [6, 6.07) is 22.9. The van der Waals surface area contributed by atoms with Crippen LogP contribution in [0.1, 0.15) is 88.9 Å². The largest absolute Gasteiger partial charge is 0.465 e. The van der Waals surface area contributed by atoms with Crippen molar-refractivity contribution in [2.45, 2.75) is 83.8 Å². The van der Waals surface area contributed by atoms with Crippen LogP contribution in [-0.4, -0.2) is 97.7 Å². The van der Waals surface area contributed by atoms with Crippen LogP contribution in [0.4, 0.5) is 9.59 Å². The summed E-state index contributed by atoms with van der Waals surface area (Å²) in [5.41, 5.74) is 7.43. The minimum Gasteiger partial charge on any atom is -0.465 e. The highest BCUT2D eigenvalue weighted by Crippen LogP contribution is 2.46. The summed E-state index contributed by atoms with van der Waals surface area (Å²) in [6.07, 6.45) is 5.05. The first-order valence-electron chi connectivity index (χ1n) is 22.4. The molecule has 2 unspecified atom stereocenters. The molecule has 0 spiro atoms. The number of H-pyrrole nitrogens is 2. The van der Waals surface area contributed by atoms with Crippen molar-refractivity contribution in [3.05, 3.63) is 102 Å². The predicted octanol–water partition coefficient (Wildman–Crippen LogP) is 8.12. The molecule has 9 rings (SSSR count). The van der Waals surface area contributed by atoms with Gasteiger partial charge in [0.1, 0.15) is 29.5 Å². The van der Waals surface area contributed by atoms with Gasteiger partial charge in [0.05, 0.1) is 61.3 Å². The number of aromatic amines is 2. The maximum Gasteiger partial charge on any atom is 0.407 e. The summed E-state index contributed by atoms with van der Waals surface area (Å²) >= 11 is 0. The predicted molar refractivity (Wildman–Crippen MR) is 243 cm³/mol. The van der Waals surface area contributed by atoms with E-state index in [1.54, 1.807) is 6.20 Å². The molecule has 3 aliphatic rings. The number of carbonyl (C=O) groups excluding carboxylic acids is 4. The van der Waals surface area contributed by atoms with Gasteiger partial charge in [-0.25, -0.2) is 19.6 Å². The monoisotopic (exact) mass is 881 g/mol. The number of likely N-dealkylation sites (tertiary alicyclic amines) is 2. The van der Waals surface area contributed by atoms with Gasteiger partial charge >= 0.3 is 12.2 Å². The molecule has 338 valence electrons. The van der Waals surface area contributed by atoms with Gasteiger partial charge in [0.25, 0.3) is 0 Å². The number of carbonyl (C=O) groups is 4. The van der Waals surface area contributed by atoms with E-state index in [9.17, 15) is 19.2 Å². The number of nitrogens with zero attached hydrogens (tertiary/aromatic N) is 5. The van der Waals surface area contributed by atoms with Gasteiger partial charge in [0.15, 0.2) is 0 Å². The number of benzene rings is 3. The average molecular weight is 882 g/mol. The number of fused-ring (bicyclic) bond motifs is 5. The Morgan fingerprint density at radius 2 is 1.25 bits per heavy atom. The molecular weight excluding hydrogens is 827 g/mol. The van der Waals surface area contributed by atoms with Crippen molar-refractivity contribution in [2.24, 2.45) is 11.8 Å². The zero-order chi connectivity index (χ0) is 45.5. The number of alkyl carbamates (subject to hydrolysis) is 2. The molecule has 4 N–H and O–H groups in total. The first kappa shape index (κ1) is 43.2. The van der Waals surface area contributed by atoms with Gasteiger partial charge < -0.3 is 49.2 Å². The normalized spacial score (nSPS) is 18.9. The Bertz CT molecular complexity index is 2740. The molecule has 65 heavy (non-hydrogen) atoms. The number of methoxy groups -OCH3 is 2. The molecule has 5 atom stereocenters. The third kappa shape index (κ3) is 8.17. The van der Waals surface area contributed by atoms with Crippen LogP contribution < -0.4 is 15.4 Å². The van der Waals surface area contributed by atoms with Crippen LogP contribution in [0.5, 0.6) is 5.75 Å². The highest BCUT2D eigenvalue weighted by molar-refractivity contribution is 5.93. The number of imidazole rings is 2. The van der Waals surface area contributed by atoms with E-state index >= 15 is 0 Å². The van der Waals surface area contributed by atoms with Crippen LogP contribution in [0.25, 0.3) is 44.7 Å². The molecule has 16 heteroatoms. The number of ether oxygens (including phenoxy) is 3. The molecule has 0 bridgehead atoms. The zero-order valence-corrected chi connectivity index (χ0v) is 37.5. The lowest BCUT2D eigenvalue weighted by Gasteiger charge is -2.30. The second-order valence-electron chi connectivity index (χ2n) is 17.7. The average Bonchev–Trinajstić information content (AvgIpc) is 4.18. The van der Waals surface area contributed by atoms with E-state index in [4.69, 9.17) is 24.2 Å². The first-order chi connectivity index (χ1) is 31.4. The Balaban J connectivity index is 1.00. The molecule has 2 fully saturated rings. The van der Waals surface area contributed by atoms with Crippen molar-refractivity contribution in [3.8, 4) is 39.5 Å². The van der Waals surface area contributed by atoms with Gasteiger partial charge in [-0.3, -0.25) is 9.59 Å². The lowest BCUT2D eigenvalue weighted by atomic mass is 10.0. The van der Waals surface area contributed by atoms with Gasteiger partial charge in [-0.05, 0) is 67.9 Å². The topological polar surface area (TPSA) is 189 Å². The Labute approximate surface area is 377 Å². The fourth-order valence-corrected chi connectivity index (χ4v) is 9.56. The van der Waals surface area contributed by atoms with E-state index in [2.05, 4.69) is 73.7 Å². The Morgan fingerprint density at radius 1 is 0.708 bits per heavy atom. The Hall–Kier alpha value is -7.10. The lowest BCUT2D eigenvalue weighted by Crippen LogP contribution is -2.51. The van der Waals surface area contributed by atoms with Crippen molar-refractivity contribution < 1.29 is 33.4 Å². The Kier molecular flexibility index (Phi) is 11.8. The zero-order valence-electron chi connectivity index (χ0n) is 37.5. The third-order valence-corrected chi connectivity index (χ3v) is 13.0. The number of nitrogens with one attached hydrogen (secondary N) is 4. The number of rotatable bonds is 11. The van der Waals surface area contributed by atoms with E-state index in [0.717, 1.165) is 81.7 Å². The second kappa shape index (κ2) is 17.8. The summed E-state index contributed by atoms with van der Waals surface area (Å²) in [5.74, 6) is 1.55. The van der Waals surface area contributed by atoms with Gasteiger partial charge in [0.2, 0.25) is 18.0 Å². The van der Waals surface area contributed by atoms with Crippen LogP contribution in [-0.2, 0) is 19.1 Å². The van der Waals surface area contributed by atoms with Crippen LogP contribution >= 0.6 is 0 Å². The summed E-state index contributed by atoms with van der Waals surface area (Å²) < 4.78 is 18.8. The van der Waals surface area contributed by atoms with Crippen molar-refractivity contribution in [1.29, 1.82) is 0 Å². The summed E-state index contributed by atoms with van der Waals surface area (Å²) in [5, 5.41) is 6.46. The van der Waals surface area contributed by atoms with E-state index in [1.165, 1.54) is 14.2 Å². The van der Waals surface area contributed by atoms with Crippen LogP contribution in [0.3, 0.4) is 0 Å². The number of aromatic nitrogens is 5. The first-order valence-corrected chi connectivity index (χ1v) is 22.4. The molecule has 2 saturated heterocycles. The van der Waals surface area contributed by atoms with Crippen molar-refractivity contribution in [2.75, 3.05) is 27.3 Å². The molecule has 6 aromatic rings. The number of amides is 4. The van der Waals surface area contributed by atoms with Gasteiger partial charge in [0, 0.05) is 40.7 Å². The van der Waals surface area contributed by atoms with Gasteiger partial charge in [-0.2, -0.15) is 0 Å². The lowest BCUT2D eigenvalue weighted by molar-refractivity contribution is -0.136. The molecule has 3 aromatic heterocycles.